The van der Waals surface area contributed by atoms with Gasteiger partial charge < -0.3 is 25.2 Å². The lowest BCUT2D eigenvalue weighted by molar-refractivity contribution is -0.159. The zero-order valence-electron chi connectivity index (χ0n) is 18.1. The fraction of sp³-hybridized carbons (Fsp3) is 0.435. The van der Waals surface area contributed by atoms with Gasteiger partial charge in [-0.25, -0.2) is 0 Å². The summed E-state index contributed by atoms with van der Waals surface area (Å²) >= 11 is 0. The third-order valence-electron chi connectivity index (χ3n) is 5.81. The van der Waals surface area contributed by atoms with Gasteiger partial charge in [-0.05, 0) is 42.5 Å². The van der Waals surface area contributed by atoms with Crippen LogP contribution in [0.5, 0.6) is 17.2 Å². The molecule has 1 aliphatic carbocycles. The molecule has 2 aromatic carbocycles. The van der Waals surface area contributed by atoms with E-state index >= 15 is 0 Å². The summed E-state index contributed by atoms with van der Waals surface area (Å²) in [6.45, 7) is 0.461. The average molecular weight is 486 g/mol. The van der Waals surface area contributed by atoms with Crippen LogP contribution in [-0.2, 0) is 11.0 Å². The Labute approximate surface area is 192 Å². The molecule has 0 radical (unpaired) electrons. The minimum Gasteiger partial charge on any atom is -0.508 e. The van der Waals surface area contributed by atoms with Crippen LogP contribution in [0.4, 0.5) is 33.3 Å². The lowest BCUT2D eigenvalue weighted by atomic mass is 9.94. The Kier molecular flexibility index (Phi) is 6.22. The summed E-state index contributed by atoms with van der Waals surface area (Å²) in [5, 5.41) is 15.4. The summed E-state index contributed by atoms with van der Waals surface area (Å²) in [6.07, 6.45) is -6.19. The van der Waals surface area contributed by atoms with Crippen molar-refractivity contribution in [3.05, 3.63) is 41.5 Å². The molecule has 184 valence electrons. The molecule has 1 amide bonds. The number of phenolic OH excluding ortho intramolecular Hbond substituents is 1. The van der Waals surface area contributed by atoms with Gasteiger partial charge in [-0.3, -0.25) is 4.79 Å². The van der Waals surface area contributed by atoms with E-state index in [0.29, 0.717) is 25.5 Å². The van der Waals surface area contributed by atoms with Crippen LogP contribution in [0.1, 0.15) is 49.7 Å². The number of rotatable bonds is 5. The van der Waals surface area contributed by atoms with Crippen LogP contribution < -0.4 is 20.1 Å². The van der Waals surface area contributed by atoms with Crippen LogP contribution in [0.15, 0.2) is 30.3 Å². The highest BCUT2D eigenvalue weighted by Crippen LogP contribution is 2.44. The van der Waals surface area contributed by atoms with Crippen LogP contribution in [0, 0.1) is 0 Å². The molecule has 0 spiro atoms. The van der Waals surface area contributed by atoms with Crippen molar-refractivity contribution in [2.24, 2.45) is 0 Å². The van der Waals surface area contributed by atoms with Gasteiger partial charge in [0.05, 0.1) is 23.5 Å². The van der Waals surface area contributed by atoms with Gasteiger partial charge in [0, 0.05) is 19.1 Å². The van der Waals surface area contributed by atoms with Gasteiger partial charge in [-0.1, -0.05) is 12.8 Å². The number of nitrogens with one attached hydrogen (secondary N) is 2. The average Bonchev–Trinajstić information content (AvgIpc) is 3.26. The first-order valence-corrected chi connectivity index (χ1v) is 10.8. The summed E-state index contributed by atoms with van der Waals surface area (Å²) < 4.78 is 77.4. The molecule has 3 N–H and O–H groups in total. The van der Waals surface area contributed by atoms with Crippen molar-refractivity contribution < 1.29 is 41.3 Å². The van der Waals surface area contributed by atoms with Crippen LogP contribution in [0.25, 0.3) is 0 Å². The SMILES string of the molecule is CC(F)(F)Oc1ccc2c(c1)NC[C@@H](C(=O)Nc1cc(O)c(C3CCCC3)cc1C(F)(F)F)O2. The van der Waals surface area contributed by atoms with Gasteiger partial charge >= 0.3 is 12.3 Å². The van der Waals surface area contributed by atoms with E-state index in [-0.39, 0.29) is 35.3 Å². The normalized spacial score (nSPS) is 18.6. The third-order valence-corrected chi connectivity index (χ3v) is 5.81. The molecule has 2 aliphatic rings. The fourth-order valence-corrected chi connectivity index (χ4v) is 4.28. The molecule has 1 aliphatic heterocycles. The minimum absolute atomic E-state index is 0.127. The van der Waals surface area contributed by atoms with Gasteiger partial charge in [0.25, 0.3) is 5.91 Å². The number of carbonyl (C=O) groups is 1. The Morgan fingerprint density at radius 3 is 2.50 bits per heavy atom. The molecule has 0 bridgehead atoms. The Balaban J connectivity index is 1.52. The second-order valence-corrected chi connectivity index (χ2v) is 8.48. The minimum atomic E-state index is -4.75. The molecule has 6 nitrogen and oxygen atoms in total. The number of alkyl halides is 5. The number of phenols is 1. The van der Waals surface area contributed by atoms with Crippen molar-refractivity contribution in [1.82, 2.24) is 0 Å². The predicted octanol–water partition coefficient (Wildman–Crippen LogP) is 5.87. The Morgan fingerprint density at radius 1 is 1.15 bits per heavy atom. The summed E-state index contributed by atoms with van der Waals surface area (Å²) in [7, 11) is 0. The second kappa shape index (κ2) is 8.84. The molecule has 11 heteroatoms. The maximum Gasteiger partial charge on any atom is 0.418 e. The highest BCUT2D eigenvalue weighted by Gasteiger charge is 2.37. The Bertz CT molecular complexity index is 1080. The molecule has 34 heavy (non-hydrogen) atoms. The van der Waals surface area contributed by atoms with E-state index in [1.54, 1.807) is 0 Å². The van der Waals surface area contributed by atoms with E-state index in [2.05, 4.69) is 15.4 Å². The van der Waals surface area contributed by atoms with Crippen LogP contribution in [0.3, 0.4) is 0 Å². The molecule has 0 unspecified atom stereocenters. The topological polar surface area (TPSA) is 79.8 Å². The second-order valence-electron chi connectivity index (χ2n) is 8.48. The monoisotopic (exact) mass is 486 g/mol. The maximum absolute atomic E-state index is 13.8. The molecule has 1 heterocycles. The van der Waals surface area contributed by atoms with Crippen molar-refractivity contribution in [2.45, 2.75) is 56.9 Å². The fourth-order valence-electron chi connectivity index (χ4n) is 4.28. The quantitative estimate of drug-likeness (QED) is 0.461. The molecular formula is C23H23F5N2O4. The zero-order chi connectivity index (χ0) is 24.7. The Hall–Kier alpha value is -3.24. The number of amides is 1. The Morgan fingerprint density at radius 2 is 1.85 bits per heavy atom. The van der Waals surface area contributed by atoms with Crippen molar-refractivity contribution in [3.8, 4) is 17.2 Å². The zero-order valence-corrected chi connectivity index (χ0v) is 18.1. The van der Waals surface area contributed by atoms with Gasteiger partial charge in [-0.2, -0.15) is 22.0 Å². The number of halogens is 5. The van der Waals surface area contributed by atoms with E-state index in [9.17, 15) is 31.9 Å². The number of aromatic hydroxyl groups is 1. The number of fused-ring (bicyclic) bond motifs is 1. The van der Waals surface area contributed by atoms with Crippen molar-refractivity contribution >= 4 is 17.3 Å². The molecule has 1 atom stereocenters. The van der Waals surface area contributed by atoms with Gasteiger partial charge in [-0.15, -0.1) is 0 Å². The number of hydrogen-bond donors (Lipinski definition) is 3. The van der Waals surface area contributed by atoms with Crippen LogP contribution in [0.2, 0.25) is 0 Å². The lowest BCUT2D eigenvalue weighted by Gasteiger charge is -2.28. The van der Waals surface area contributed by atoms with E-state index in [4.69, 9.17) is 4.74 Å². The van der Waals surface area contributed by atoms with E-state index in [1.807, 2.05) is 0 Å². The van der Waals surface area contributed by atoms with Crippen molar-refractivity contribution in [2.75, 3.05) is 17.2 Å². The molecular weight excluding hydrogens is 463 g/mol. The molecule has 0 saturated heterocycles. The largest absolute Gasteiger partial charge is 0.508 e. The third kappa shape index (κ3) is 5.28. The molecule has 2 aromatic rings. The maximum atomic E-state index is 13.8. The first-order chi connectivity index (χ1) is 15.9. The van der Waals surface area contributed by atoms with Crippen molar-refractivity contribution in [3.63, 3.8) is 0 Å². The number of anilines is 2. The first kappa shape index (κ1) is 23.9. The van der Waals surface area contributed by atoms with Gasteiger partial charge in [0.2, 0.25) is 0 Å². The van der Waals surface area contributed by atoms with Crippen molar-refractivity contribution in [1.29, 1.82) is 0 Å². The smallest absolute Gasteiger partial charge is 0.418 e. The molecule has 1 fully saturated rings. The molecule has 0 aromatic heterocycles. The van der Waals surface area contributed by atoms with E-state index in [1.165, 1.54) is 18.2 Å². The first-order valence-electron chi connectivity index (χ1n) is 10.8. The van der Waals surface area contributed by atoms with Crippen LogP contribution >= 0.6 is 0 Å². The van der Waals surface area contributed by atoms with E-state index < -0.39 is 35.5 Å². The highest BCUT2D eigenvalue weighted by molar-refractivity contribution is 5.96. The van der Waals surface area contributed by atoms with Gasteiger partial charge in [0.15, 0.2) is 6.10 Å². The molecule has 1 saturated carbocycles. The number of carbonyl (C=O) groups excluding carboxylic acids is 1. The van der Waals surface area contributed by atoms with Gasteiger partial charge in [0.1, 0.15) is 17.2 Å². The standard InChI is InChI=1S/C23H23F5N2O4/c1-22(24,25)34-13-6-7-19-17(8-13)29-11-20(33-19)21(32)30-16-10-18(31)14(12-4-2-3-5-12)9-15(16)23(26,27)28/h6-10,12,20,29,31H,2-5,11H2,1H3,(H,30,32)/t20-/m0/s1. The lowest BCUT2D eigenvalue weighted by Crippen LogP contribution is -2.41. The number of benzene rings is 2. The van der Waals surface area contributed by atoms with Crippen LogP contribution in [-0.4, -0.2) is 29.8 Å². The number of hydrogen-bond acceptors (Lipinski definition) is 5. The summed E-state index contributed by atoms with van der Waals surface area (Å²) in [5.74, 6) is -1.30. The highest BCUT2D eigenvalue weighted by atomic mass is 19.4. The van der Waals surface area contributed by atoms with E-state index in [0.717, 1.165) is 25.0 Å². The summed E-state index contributed by atoms with van der Waals surface area (Å²) in [5.41, 5.74) is -1.10. The molecule has 4 rings (SSSR count). The summed E-state index contributed by atoms with van der Waals surface area (Å²) in [6, 6.07) is 5.63. The summed E-state index contributed by atoms with van der Waals surface area (Å²) in [4.78, 5) is 12.7. The predicted molar refractivity (Wildman–Crippen MR) is 114 cm³/mol. The number of ether oxygens (including phenoxy) is 2.